The van der Waals surface area contributed by atoms with E-state index in [1.807, 2.05) is 0 Å². The molecule has 0 aliphatic heterocycles. The fourth-order valence-electron chi connectivity index (χ4n) is 2.84. The smallest absolute Gasteiger partial charge is 0.329 e. The number of carboxylic acids is 1. The van der Waals surface area contributed by atoms with E-state index < -0.39 is 27.3 Å². The van der Waals surface area contributed by atoms with Gasteiger partial charge in [0.25, 0.3) is 5.91 Å². The van der Waals surface area contributed by atoms with Gasteiger partial charge in [-0.1, -0.05) is 19.3 Å². The lowest BCUT2D eigenvalue weighted by atomic mass is 9.80. The molecule has 1 aromatic rings. The summed E-state index contributed by atoms with van der Waals surface area (Å²) in [5.41, 5.74) is -0.971. The van der Waals surface area contributed by atoms with Crippen LogP contribution in [0.5, 0.6) is 0 Å². The number of aliphatic carboxylic acids is 1. The first-order valence-corrected chi connectivity index (χ1v) is 9.76. The molecule has 1 aliphatic carbocycles. The zero-order valence-corrected chi connectivity index (χ0v) is 14.2. The largest absolute Gasteiger partial charge is 0.479 e. The minimum Gasteiger partial charge on any atom is -0.479 e. The molecule has 0 saturated heterocycles. The molecular formula is C14H19NO5S2. The van der Waals surface area contributed by atoms with E-state index in [1.165, 1.54) is 23.4 Å². The van der Waals surface area contributed by atoms with E-state index >= 15 is 0 Å². The maximum Gasteiger partial charge on any atom is 0.329 e. The number of nitrogens with zero attached hydrogens (tertiary/aromatic N) is 1. The van der Waals surface area contributed by atoms with Crippen molar-refractivity contribution in [2.45, 2.75) is 41.9 Å². The second-order valence-corrected chi connectivity index (χ2v) is 8.84. The number of thiophene rings is 1. The van der Waals surface area contributed by atoms with Gasteiger partial charge in [-0.15, -0.1) is 11.3 Å². The predicted molar refractivity (Wildman–Crippen MR) is 83.0 cm³/mol. The normalized spacial score (nSPS) is 17.9. The summed E-state index contributed by atoms with van der Waals surface area (Å²) in [6.07, 6.45) is 4.43. The minimum atomic E-state index is -3.37. The van der Waals surface area contributed by atoms with E-state index in [2.05, 4.69) is 0 Å². The van der Waals surface area contributed by atoms with Crippen molar-refractivity contribution in [3.05, 3.63) is 17.0 Å². The highest BCUT2D eigenvalue weighted by atomic mass is 32.2. The molecule has 1 fully saturated rings. The molecule has 122 valence electrons. The Morgan fingerprint density at radius 1 is 1.27 bits per heavy atom. The lowest BCUT2D eigenvalue weighted by Crippen LogP contribution is -2.56. The molecule has 1 heterocycles. The number of sulfone groups is 1. The number of hydrogen-bond donors (Lipinski definition) is 1. The van der Waals surface area contributed by atoms with Crippen molar-refractivity contribution in [3.8, 4) is 0 Å². The highest BCUT2D eigenvalue weighted by Gasteiger charge is 2.45. The van der Waals surface area contributed by atoms with Gasteiger partial charge in [0, 0.05) is 18.7 Å². The lowest BCUT2D eigenvalue weighted by Gasteiger charge is -2.40. The van der Waals surface area contributed by atoms with Crippen molar-refractivity contribution >= 4 is 33.1 Å². The van der Waals surface area contributed by atoms with Crippen LogP contribution < -0.4 is 0 Å². The average molecular weight is 345 g/mol. The van der Waals surface area contributed by atoms with Crippen molar-refractivity contribution in [1.82, 2.24) is 4.90 Å². The topological polar surface area (TPSA) is 91.8 Å². The molecule has 8 heteroatoms. The maximum atomic E-state index is 12.6. The highest BCUT2D eigenvalue weighted by molar-refractivity contribution is 7.92. The van der Waals surface area contributed by atoms with Gasteiger partial charge >= 0.3 is 5.97 Å². The van der Waals surface area contributed by atoms with E-state index in [9.17, 15) is 23.1 Å². The Balaban J connectivity index is 2.31. The van der Waals surface area contributed by atoms with Crippen LogP contribution in [0.2, 0.25) is 0 Å². The Morgan fingerprint density at radius 2 is 1.86 bits per heavy atom. The molecule has 1 amide bonds. The number of hydrogen-bond acceptors (Lipinski definition) is 5. The van der Waals surface area contributed by atoms with E-state index in [1.54, 1.807) is 0 Å². The molecule has 0 bridgehead atoms. The third kappa shape index (κ3) is 3.03. The molecule has 1 aliphatic rings. The van der Waals surface area contributed by atoms with Crippen LogP contribution >= 0.6 is 11.3 Å². The third-order valence-corrected chi connectivity index (χ3v) is 6.98. The molecule has 0 radical (unpaired) electrons. The molecule has 0 spiro atoms. The van der Waals surface area contributed by atoms with Crippen molar-refractivity contribution < 1.29 is 23.1 Å². The fourth-order valence-corrected chi connectivity index (χ4v) is 4.63. The van der Waals surface area contributed by atoms with E-state index in [0.717, 1.165) is 36.9 Å². The monoisotopic (exact) mass is 345 g/mol. The first-order chi connectivity index (χ1) is 10.2. The van der Waals surface area contributed by atoms with Gasteiger partial charge in [0.2, 0.25) is 0 Å². The summed E-state index contributed by atoms with van der Waals surface area (Å²) in [6.45, 7) is 0. The number of carbonyl (C=O) groups is 2. The van der Waals surface area contributed by atoms with Gasteiger partial charge in [-0.3, -0.25) is 4.79 Å². The molecule has 22 heavy (non-hydrogen) atoms. The summed E-state index contributed by atoms with van der Waals surface area (Å²) in [5.74, 6) is -1.45. The van der Waals surface area contributed by atoms with Crippen LogP contribution in [0.3, 0.4) is 0 Å². The Bertz CT molecular complexity index is 686. The van der Waals surface area contributed by atoms with Crippen LogP contribution in [0, 0.1) is 0 Å². The van der Waals surface area contributed by atoms with E-state index in [4.69, 9.17) is 0 Å². The molecule has 0 aromatic carbocycles. The van der Waals surface area contributed by atoms with Crippen LogP contribution in [-0.4, -0.2) is 49.1 Å². The van der Waals surface area contributed by atoms with Crippen molar-refractivity contribution in [3.63, 3.8) is 0 Å². The lowest BCUT2D eigenvalue weighted by molar-refractivity contribution is -0.151. The Kier molecular flexibility index (Phi) is 4.62. The Hall–Kier alpha value is -1.41. The summed E-state index contributed by atoms with van der Waals surface area (Å²) in [5, 5.41) is 11.1. The summed E-state index contributed by atoms with van der Waals surface area (Å²) in [6, 6.07) is 1.32. The van der Waals surface area contributed by atoms with E-state index in [-0.39, 0.29) is 9.77 Å². The molecule has 1 saturated carbocycles. The van der Waals surface area contributed by atoms with Gasteiger partial charge in [0.1, 0.15) is 9.75 Å². The van der Waals surface area contributed by atoms with E-state index in [0.29, 0.717) is 12.8 Å². The molecule has 1 N–H and O–H groups in total. The third-order valence-electron chi connectivity index (χ3n) is 4.21. The number of carbonyl (C=O) groups excluding carboxylic acids is 1. The summed E-state index contributed by atoms with van der Waals surface area (Å²) >= 11 is 0.973. The summed E-state index contributed by atoms with van der Waals surface area (Å²) in [7, 11) is -1.88. The Labute approximate surface area is 133 Å². The standard InChI is InChI=1S/C14H19NO5S2/c1-15(14(13(17)18)6-4-3-5-7-14)12(16)10-8-11(21-9-10)22(2,19)20/h8-9H,3-7H2,1-2H3,(H,17,18). The number of likely N-dealkylation sites (N-methyl/N-ethyl adjacent to an activating group) is 1. The van der Waals surface area contributed by atoms with Gasteiger partial charge in [0.05, 0.1) is 5.56 Å². The van der Waals surface area contributed by atoms with Crippen molar-refractivity contribution in [2.75, 3.05) is 13.3 Å². The van der Waals surface area contributed by atoms with Gasteiger partial charge in [-0.25, -0.2) is 13.2 Å². The van der Waals surface area contributed by atoms with Gasteiger partial charge < -0.3 is 10.0 Å². The van der Waals surface area contributed by atoms with Gasteiger partial charge in [0.15, 0.2) is 9.84 Å². The molecule has 0 unspecified atom stereocenters. The zero-order chi connectivity index (χ0) is 16.5. The van der Waals surface area contributed by atoms with Crippen LogP contribution in [0.25, 0.3) is 0 Å². The van der Waals surface area contributed by atoms with Crippen LogP contribution in [-0.2, 0) is 14.6 Å². The molecule has 0 atom stereocenters. The second-order valence-electron chi connectivity index (χ2n) is 5.69. The first-order valence-electron chi connectivity index (χ1n) is 6.98. The summed E-state index contributed by atoms with van der Waals surface area (Å²) in [4.78, 5) is 25.6. The van der Waals surface area contributed by atoms with Crippen LogP contribution in [0.4, 0.5) is 0 Å². The van der Waals surface area contributed by atoms with Crippen molar-refractivity contribution in [1.29, 1.82) is 0 Å². The average Bonchev–Trinajstić information content (AvgIpc) is 2.96. The fraction of sp³-hybridized carbons (Fsp3) is 0.571. The van der Waals surface area contributed by atoms with Crippen LogP contribution in [0.1, 0.15) is 42.5 Å². The quantitative estimate of drug-likeness (QED) is 0.901. The second kappa shape index (κ2) is 6.00. The predicted octanol–water partition coefficient (Wildman–Crippen LogP) is 2.01. The number of rotatable bonds is 4. The van der Waals surface area contributed by atoms with Gasteiger partial charge in [-0.05, 0) is 18.9 Å². The maximum absolute atomic E-state index is 12.6. The number of carboxylic acid groups (broad SMARTS) is 1. The SMILES string of the molecule is CN(C(=O)c1csc(S(C)(=O)=O)c1)C1(C(=O)O)CCCCC1. The first kappa shape index (κ1) is 17.0. The van der Waals surface area contributed by atoms with Gasteiger partial charge in [-0.2, -0.15) is 0 Å². The number of amides is 1. The minimum absolute atomic E-state index is 0.109. The molecule has 6 nitrogen and oxygen atoms in total. The molecular weight excluding hydrogens is 326 g/mol. The molecule has 2 rings (SSSR count). The molecule has 1 aromatic heterocycles. The Morgan fingerprint density at radius 3 is 2.32 bits per heavy atom. The summed E-state index contributed by atoms with van der Waals surface area (Å²) < 4.78 is 23.1. The highest BCUT2D eigenvalue weighted by Crippen LogP contribution is 2.34. The van der Waals surface area contributed by atoms with Crippen molar-refractivity contribution in [2.24, 2.45) is 0 Å². The van der Waals surface area contributed by atoms with Crippen LogP contribution in [0.15, 0.2) is 15.7 Å². The zero-order valence-electron chi connectivity index (χ0n) is 12.5.